The fourth-order valence-corrected chi connectivity index (χ4v) is 1.90. The maximum atomic E-state index is 11.9. The summed E-state index contributed by atoms with van der Waals surface area (Å²) in [6.45, 7) is 0.699. The van der Waals surface area contributed by atoms with Crippen LogP contribution in [-0.2, 0) is 14.3 Å². The molecule has 0 aromatic rings. The number of Topliss-reactive ketones (excluding diaryl/α,β-unsaturated/α-hetero) is 1. The number of hydrogen-bond acceptors (Lipinski definition) is 4. The Labute approximate surface area is 132 Å². The third kappa shape index (κ3) is 11.0. The minimum absolute atomic E-state index is 0.137. The maximum Gasteiger partial charge on any atom is 0.325 e. The molecule has 0 saturated carbocycles. The van der Waals surface area contributed by atoms with Crippen molar-refractivity contribution >= 4 is 17.6 Å². The highest BCUT2D eigenvalue weighted by Crippen LogP contribution is 2.08. The molecule has 122 valence electrons. The van der Waals surface area contributed by atoms with Crippen LogP contribution in [0.25, 0.3) is 0 Å². The van der Waals surface area contributed by atoms with Gasteiger partial charge in [-0.25, -0.2) is 0 Å². The van der Waals surface area contributed by atoms with Gasteiger partial charge in [0.25, 0.3) is 0 Å². The number of nitrogens with zero attached hydrogens (tertiary/aromatic N) is 1. The van der Waals surface area contributed by atoms with E-state index < -0.39 is 19.5 Å². The summed E-state index contributed by atoms with van der Waals surface area (Å²) in [5, 5.41) is 7.87. The smallest absolute Gasteiger partial charge is 0.325 e. The quantitative estimate of drug-likeness (QED) is 0.260. The van der Waals surface area contributed by atoms with E-state index in [1.165, 1.54) is 12.8 Å². The van der Waals surface area contributed by atoms with Crippen LogP contribution in [0.1, 0.15) is 69.3 Å². The van der Waals surface area contributed by atoms with Gasteiger partial charge in [0.05, 0.1) is 13.0 Å². The van der Waals surface area contributed by atoms with Gasteiger partial charge in [0.2, 0.25) is 0 Å². The molecule has 0 aromatic carbocycles. The van der Waals surface area contributed by atoms with E-state index in [9.17, 15) is 9.59 Å². The zero-order valence-corrected chi connectivity index (χ0v) is 13.2. The molecule has 0 fully saturated rings. The first-order valence-corrected chi connectivity index (χ1v) is 7.74. The van der Waals surface area contributed by atoms with Gasteiger partial charge in [-0.3, -0.25) is 15.0 Å². The molecule has 0 bridgehead atoms. The van der Waals surface area contributed by atoms with Crippen molar-refractivity contribution < 1.29 is 18.4 Å². The fraction of sp³-hybridized carbons (Fsp3) is 0.812. The number of carbonyl (C=O) groups is 2. The summed E-state index contributed by atoms with van der Waals surface area (Å²) in [5.41, 5.74) is 0. The van der Waals surface area contributed by atoms with Crippen molar-refractivity contribution in [1.29, 1.82) is 5.41 Å². The standard InChI is InChI=1S/C16H30N2O3/c1-4-6-7-8-9-10-11-14(19)12-15(17)18(3)13-16(20)21-5-2/h17H,4-13H2,1-3H3/i3D3. The second-order valence-corrected chi connectivity index (χ2v) is 5.07. The Morgan fingerprint density at radius 3 is 2.43 bits per heavy atom. The second kappa shape index (κ2) is 12.4. The Morgan fingerprint density at radius 2 is 1.81 bits per heavy atom. The summed E-state index contributed by atoms with van der Waals surface area (Å²) in [6.07, 6.45) is 6.39. The van der Waals surface area contributed by atoms with Crippen molar-refractivity contribution in [3.63, 3.8) is 0 Å². The molecule has 0 rings (SSSR count). The Bertz CT molecular complexity index is 412. The lowest BCUT2D eigenvalue weighted by Gasteiger charge is -2.18. The molecular weight excluding hydrogens is 268 g/mol. The highest BCUT2D eigenvalue weighted by atomic mass is 16.5. The number of rotatable bonds is 12. The van der Waals surface area contributed by atoms with E-state index in [1.807, 2.05) is 0 Å². The molecule has 0 amide bonds. The van der Waals surface area contributed by atoms with E-state index in [-0.39, 0.29) is 24.6 Å². The van der Waals surface area contributed by atoms with Gasteiger partial charge in [-0.2, -0.15) is 0 Å². The van der Waals surface area contributed by atoms with Gasteiger partial charge < -0.3 is 9.64 Å². The highest BCUT2D eigenvalue weighted by molar-refractivity contribution is 6.00. The number of ether oxygens (including phenoxy) is 1. The van der Waals surface area contributed by atoms with E-state index in [0.29, 0.717) is 11.3 Å². The van der Waals surface area contributed by atoms with Crippen molar-refractivity contribution in [3.05, 3.63) is 0 Å². The van der Waals surface area contributed by atoms with E-state index in [1.54, 1.807) is 6.92 Å². The zero-order chi connectivity index (χ0) is 18.6. The molecule has 0 aromatic heterocycles. The normalized spacial score (nSPS) is 13.0. The Hall–Kier alpha value is -1.39. The van der Waals surface area contributed by atoms with Gasteiger partial charge in [0.1, 0.15) is 18.2 Å². The predicted molar refractivity (Wildman–Crippen MR) is 84.6 cm³/mol. The van der Waals surface area contributed by atoms with Crippen molar-refractivity contribution in [1.82, 2.24) is 4.90 Å². The molecule has 0 aliphatic heterocycles. The van der Waals surface area contributed by atoms with Crippen LogP contribution in [0.3, 0.4) is 0 Å². The van der Waals surface area contributed by atoms with Crippen LogP contribution in [0, 0.1) is 5.41 Å². The predicted octanol–water partition coefficient (Wildman–Crippen LogP) is 3.17. The monoisotopic (exact) mass is 301 g/mol. The first kappa shape index (κ1) is 14.5. The lowest BCUT2D eigenvalue weighted by atomic mass is 10.1. The molecule has 0 aliphatic carbocycles. The Balaban J connectivity index is 4.34. The molecule has 0 spiro atoms. The first-order chi connectivity index (χ1) is 11.2. The number of unbranched alkanes of at least 4 members (excludes halogenated alkanes) is 5. The van der Waals surface area contributed by atoms with Crippen molar-refractivity contribution in [3.8, 4) is 0 Å². The molecule has 0 heterocycles. The van der Waals surface area contributed by atoms with Crippen molar-refractivity contribution in [2.24, 2.45) is 0 Å². The van der Waals surface area contributed by atoms with Crippen molar-refractivity contribution in [2.75, 3.05) is 20.1 Å². The van der Waals surface area contributed by atoms with Gasteiger partial charge in [-0.15, -0.1) is 0 Å². The largest absolute Gasteiger partial charge is 0.465 e. The molecule has 0 aliphatic rings. The summed E-state index contributed by atoms with van der Waals surface area (Å²) in [6, 6.07) is 0. The van der Waals surface area contributed by atoms with E-state index in [2.05, 4.69) is 6.92 Å². The molecule has 0 unspecified atom stereocenters. The van der Waals surface area contributed by atoms with E-state index in [0.717, 1.165) is 25.7 Å². The lowest BCUT2D eigenvalue weighted by molar-refractivity contribution is -0.143. The molecule has 0 radical (unpaired) electrons. The number of hydrogen-bond donors (Lipinski definition) is 1. The fourth-order valence-electron chi connectivity index (χ4n) is 1.90. The average molecular weight is 301 g/mol. The minimum Gasteiger partial charge on any atom is -0.465 e. The van der Waals surface area contributed by atoms with Gasteiger partial charge in [-0.05, 0) is 13.3 Å². The molecule has 5 nitrogen and oxygen atoms in total. The lowest BCUT2D eigenvalue weighted by Crippen LogP contribution is -2.33. The summed E-state index contributed by atoms with van der Waals surface area (Å²) >= 11 is 0. The maximum absolute atomic E-state index is 11.9. The van der Waals surface area contributed by atoms with Gasteiger partial charge >= 0.3 is 5.97 Å². The minimum atomic E-state index is -2.65. The van der Waals surface area contributed by atoms with Crippen LogP contribution in [0.15, 0.2) is 0 Å². The van der Waals surface area contributed by atoms with Gasteiger partial charge in [0.15, 0.2) is 0 Å². The van der Waals surface area contributed by atoms with Gasteiger partial charge in [-0.1, -0.05) is 39.0 Å². The SMILES string of the molecule is [2H]C([2H])([2H])N(CC(=O)OCC)C(=N)CC(=O)CCCCCCCC. The number of ketones is 1. The van der Waals surface area contributed by atoms with Crippen LogP contribution in [0.4, 0.5) is 0 Å². The van der Waals surface area contributed by atoms with Crippen LogP contribution >= 0.6 is 0 Å². The molecule has 21 heavy (non-hydrogen) atoms. The third-order valence-corrected chi connectivity index (χ3v) is 3.09. The number of esters is 1. The van der Waals surface area contributed by atoms with Crippen LogP contribution in [0.5, 0.6) is 0 Å². The first-order valence-electron chi connectivity index (χ1n) is 9.24. The Morgan fingerprint density at radius 1 is 1.14 bits per heavy atom. The summed E-state index contributed by atoms with van der Waals surface area (Å²) in [4.78, 5) is 24.1. The summed E-state index contributed by atoms with van der Waals surface area (Å²) in [5.74, 6) is -1.26. The number of likely N-dealkylation sites (N-methyl/N-ethyl adjacent to an activating group) is 1. The zero-order valence-electron chi connectivity index (χ0n) is 16.2. The second-order valence-electron chi connectivity index (χ2n) is 5.07. The topological polar surface area (TPSA) is 70.5 Å². The third-order valence-electron chi connectivity index (χ3n) is 3.09. The average Bonchev–Trinajstić information content (AvgIpc) is 2.47. The molecular formula is C16H30N2O3. The van der Waals surface area contributed by atoms with Crippen LogP contribution in [0.2, 0.25) is 0 Å². The molecule has 1 N–H and O–H groups in total. The highest BCUT2D eigenvalue weighted by Gasteiger charge is 2.13. The number of amidine groups is 1. The molecule has 0 saturated heterocycles. The van der Waals surface area contributed by atoms with E-state index in [4.69, 9.17) is 14.3 Å². The van der Waals surface area contributed by atoms with Crippen molar-refractivity contribution in [2.45, 2.75) is 65.2 Å². The summed E-state index contributed by atoms with van der Waals surface area (Å²) in [7, 11) is 0. The molecule has 5 heteroatoms. The number of nitrogens with one attached hydrogen (secondary N) is 1. The Kier molecular flexibility index (Phi) is 8.56. The van der Waals surface area contributed by atoms with E-state index >= 15 is 0 Å². The molecule has 0 atom stereocenters. The van der Waals surface area contributed by atoms with Crippen LogP contribution in [-0.4, -0.2) is 42.6 Å². The summed E-state index contributed by atoms with van der Waals surface area (Å²) < 4.78 is 27.0. The van der Waals surface area contributed by atoms with Crippen LogP contribution < -0.4 is 0 Å². The van der Waals surface area contributed by atoms with Gasteiger partial charge in [0, 0.05) is 17.5 Å². The number of carbonyl (C=O) groups excluding carboxylic acids is 2.